The lowest BCUT2D eigenvalue weighted by Crippen LogP contribution is -2.43. The van der Waals surface area contributed by atoms with E-state index in [1.54, 1.807) is 0 Å². The lowest BCUT2D eigenvalue weighted by molar-refractivity contribution is -0.0978. The third-order valence-corrected chi connectivity index (χ3v) is 3.71. The molecule has 2 N–H and O–H groups in total. The van der Waals surface area contributed by atoms with E-state index in [4.69, 9.17) is 15.2 Å². The summed E-state index contributed by atoms with van der Waals surface area (Å²) >= 11 is 0. The molecule has 0 saturated carbocycles. The molecule has 108 valence electrons. The third-order valence-electron chi connectivity index (χ3n) is 3.71. The highest BCUT2D eigenvalue weighted by Crippen LogP contribution is 2.13. The average molecular weight is 257 g/mol. The van der Waals surface area contributed by atoms with Crippen molar-refractivity contribution in [3.63, 3.8) is 0 Å². The van der Waals surface area contributed by atoms with Crippen LogP contribution in [0.5, 0.6) is 0 Å². The zero-order valence-electron chi connectivity index (χ0n) is 12.0. The highest BCUT2D eigenvalue weighted by molar-refractivity contribution is 4.75. The summed E-state index contributed by atoms with van der Waals surface area (Å²) in [4.78, 5) is 0. The van der Waals surface area contributed by atoms with Crippen LogP contribution >= 0.6 is 0 Å². The van der Waals surface area contributed by atoms with Crippen molar-refractivity contribution in [2.75, 3.05) is 19.8 Å². The van der Waals surface area contributed by atoms with E-state index < -0.39 is 0 Å². The Bertz CT molecular complexity index is 181. The molecule has 0 aromatic carbocycles. The molecule has 3 heteroatoms. The van der Waals surface area contributed by atoms with Crippen molar-refractivity contribution in [1.29, 1.82) is 0 Å². The summed E-state index contributed by atoms with van der Waals surface area (Å²) < 4.78 is 11.0. The Morgan fingerprint density at radius 1 is 1.00 bits per heavy atom. The summed E-state index contributed by atoms with van der Waals surface area (Å²) in [5.74, 6) is 0. The first-order valence-electron chi connectivity index (χ1n) is 7.79. The maximum absolute atomic E-state index is 6.12. The molecule has 1 aliphatic rings. The van der Waals surface area contributed by atoms with Crippen LogP contribution in [0.25, 0.3) is 0 Å². The van der Waals surface area contributed by atoms with Crippen LogP contribution in [-0.2, 0) is 9.47 Å². The van der Waals surface area contributed by atoms with E-state index in [1.165, 1.54) is 51.4 Å². The standard InChI is InChI=1S/C15H31NO2/c1-2-3-4-5-6-7-8-9-10-14(16)15-13-17-11-12-18-15/h14-15H,2-13,16H2,1H3. The second kappa shape index (κ2) is 10.8. The molecule has 1 heterocycles. The maximum Gasteiger partial charge on any atom is 0.0959 e. The number of hydrogen-bond donors (Lipinski definition) is 1. The molecule has 0 radical (unpaired) electrons. The van der Waals surface area contributed by atoms with Gasteiger partial charge in [-0.3, -0.25) is 0 Å². The largest absolute Gasteiger partial charge is 0.376 e. The van der Waals surface area contributed by atoms with Crippen molar-refractivity contribution in [2.24, 2.45) is 5.73 Å². The molecule has 18 heavy (non-hydrogen) atoms. The Labute approximate surface area is 112 Å². The number of rotatable bonds is 10. The van der Waals surface area contributed by atoms with Crippen LogP contribution in [0.1, 0.15) is 64.7 Å². The topological polar surface area (TPSA) is 44.5 Å². The predicted octanol–water partition coefficient (Wildman–Crippen LogP) is 3.26. The summed E-state index contributed by atoms with van der Waals surface area (Å²) in [6.45, 7) is 4.37. The highest BCUT2D eigenvalue weighted by Gasteiger charge is 2.21. The van der Waals surface area contributed by atoms with Crippen LogP contribution < -0.4 is 5.73 Å². The quantitative estimate of drug-likeness (QED) is 0.611. The minimum atomic E-state index is 0.128. The van der Waals surface area contributed by atoms with E-state index in [0.29, 0.717) is 13.2 Å². The molecule has 0 aromatic heterocycles. The van der Waals surface area contributed by atoms with Crippen LogP contribution in [0.2, 0.25) is 0 Å². The number of nitrogens with two attached hydrogens (primary N) is 1. The van der Waals surface area contributed by atoms with Crippen LogP contribution in [-0.4, -0.2) is 32.0 Å². The van der Waals surface area contributed by atoms with Gasteiger partial charge in [-0.1, -0.05) is 58.3 Å². The van der Waals surface area contributed by atoms with Gasteiger partial charge in [0.2, 0.25) is 0 Å². The summed E-state index contributed by atoms with van der Waals surface area (Å²) in [5, 5.41) is 0. The van der Waals surface area contributed by atoms with Gasteiger partial charge in [0.15, 0.2) is 0 Å². The van der Waals surface area contributed by atoms with Crippen molar-refractivity contribution >= 4 is 0 Å². The van der Waals surface area contributed by atoms with Gasteiger partial charge in [0.25, 0.3) is 0 Å². The van der Waals surface area contributed by atoms with Gasteiger partial charge < -0.3 is 15.2 Å². The van der Waals surface area contributed by atoms with Crippen LogP contribution in [0, 0.1) is 0 Å². The lowest BCUT2D eigenvalue weighted by Gasteiger charge is -2.27. The molecule has 0 aromatic rings. The molecule has 0 aliphatic carbocycles. The van der Waals surface area contributed by atoms with Gasteiger partial charge in [-0.25, -0.2) is 0 Å². The fourth-order valence-electron chi connectivity index (χ4n) is 2.45. The Morgan fingerprint density at radius 2 is 1.67 bits per heavy atom. The van der Waals surface area contributed by atoms with Gasteiger partial charge in [0, 0.05) is 6.04 Å². The first kappa shape index (κ1) is 15.9. The van der Waals surface area contributed by atoms with Crippen molar-refractivity contribution in [2.45, 2.75) is 76.9 Å². The van der Waals surface area contributed by atoms with E-state index in [0.717, 1.165) is 13.0 Å². The average Bonchev–Trinajstić information content (AvgIpc) is 2.42. The van der Waals surface area contributed by atoms with Crippen molar-refractivity contribution in [1.82, 2.24) is 0 Å². The summed E-state index contributed by atoms with van der Waals surface area (Å²) in [6.07, 6.45) is 12.0. The maximum atomic E-state index is 6.12. The molecule has 2 unspecified atom stereocenters. The van der Waals surface area contributed by atoms with Crippen molar-refractivity contribution < 1.29 is 9.47 Å². The van der Waals surface area contributed by atoms with Crippen LogP contribution in [0.15, 0.2) is 0 Å². The zero-order chi connectivity index (χ0) is 13.1. The first-order valence-corrected chi connectivity index (χ1v) is 7.79. The molecule has 1 saturated heterocycles. The summed E-state index contributed by atoms with van der Waals surface area (Å²) in [5.41, 5.74) is 6.12. The Balaban J connectivity index is 1.87. The molecule has 0 bridgehead atoms. The SMILES string of the molecule is CCCCCCCCCCC(N)C1COCCO1. The minimum absolute atomic E-state index is 0.128. The number of hydrogen-bond acceptors (Lipinski definition) is 3. The summed E-state index contributed by atoms with van der Waals surface area (Å²) in [7, 11) is 0. The van der Waals surface area contributed by atoms with Crippen molar-refractivity contribution in [3.05, 3.63) is 0 Å². The molecular formula is C15H31NO2. The Kier molecular flexibility index (Phi) is 9.54. The summed E-state index contributed by atoms with van der Waals surface area (Å²) in [6, 6.07) is 0.158. The smallest absolute Gasteiger partial charge is 0.0959 e. The van der Waals surface area contributed by atoms with E-state index in [2.05, 4.69) is 6.92 Å². The van der Waals surface area contributed by atoms with E-state index in [1.807, 2.05) is 0 Å². The number of ether oxygens (including phenoxy) is 2. The minimum Gasteiger partial charge on any atom is -0.376 e. The zero-order valence-corrected chi connectivity index (χ0v) is 12.0. The van der Waals surface area contributed by atoms with E-state index in [9.17, 15) is 0 Å². The molecular weight excluding hydrogens is 226 g/mol. The molecule has 2 atom stereocenters. The molecule has 3 nitrogen and oxygen atoms in total. The third kappa shape index (κ3) is 7.34. The Morgan fingerprint density at radius 3 is 2.28 bits per heavy atom. The molecule has 0 spiro atoms. The first-order chi connectivity index (χ1) is 8.84. The van der Waals surface area contributed by atoms with Crippen LogP contribution in [0.3, 0.4) is 0 Å². The molecule has 1 rings (SSSR count). The van der Waals surface area contributed by atoms with Crippen molar-refractivity contribution in [3.8, 4) is 0 Å². The fraction of sp³-hybridized carbons (Fsp3) is 1.00. The second-order valence-electron chi connectivity index (χ2n) is 5.41. The molecule has 0 amide bonds. The highest BCUT2D eigenvalue weighted by atomic mass is 16.6. The number of unbranched alkanes of at least 4 members (excludes halogenated alkanes) is 7. The van der Waals surface area contributed by atoms with Gasteiger partial charge in [0.05, 0.1) is 25.9 Å². The fourth-order valence-corrected chi connectivity index (χ4v) is 2.45. The normalized spacial score (nSPS) is 22.0. The Hall–Kier alpha value is -0.120. The van der Waals surface area contributed by atoms with Crippen LogP contribution in [0.4, 0.5) is 0 Å². The second-order valence-corrected chi connectivity index (χ2v) is 5.41. The van der Waals surface area contributed by atoms with E-state index in [-0.39, 0.29) is 12.1 Å². The lowest BCUT2D eigenvalue weighted by atomic mass is 10.0. The predicted molar refractivity (Wildman–Crippen MR) is 75.8 cm³/mol. The van der Waals surface area contributed by atoms with Gasteiger partial charge in [-0.15, -0.1) is 0 Å². The molecule has 1 aliphatic heterocycles. The van der Waals surface area contributed by atoms with Gasteiger partial charge in [0.1, 0.15) is 0 Å². The van der Waals surface area contributed by atoms with Gasteiger partial charge >= 0.3 is 0 Å². The van der Waals surface area contributed by atoms with Gasteiger partial charge in [-0.05, 0) is 6.42 Å². The van der Waals surface area contributed by atoms with Gasteiger partial charge in [-0.2, -0.15) is 0 Å². The van der Waals surface area contributed by atoms with E-state index >= 15 is 0 Å². The molecule has 1 fully saturated rings. The monoisotopic (exact) mass is 257 g/mol.